The minimum absolute atomic E-state index is 0.662. The molecule has 0 aromatic carbocycles. The highest BCUT2D eigenvalue weighted by molar-refractivity contribution is 7.09. The number of hydrogen-bond acceptors (Lipinski definition) is 7. The Hall–Kier alpha value is -2.12. The van der Waals surface area contributed by atoms with Crippen LogP contribution in [0.15, 0.2) is 16.2 Å². The Morgan fingerprint density at radius 1 is 1.21 bits per heavy atom. The fraction of sp³-hybridized carbons (Fsp3) is 0.412. The quantitative estimate of drug-likeness (QED) is 0.786. The van der Waals surface area contributed by atoms with E-state index in [-0.39, 0.29) is 0 Å². The van der Waals surface area contributed by atoms with Crippen molar-refractivity contribution in [1.82, 2.24) is 25.4 Å². The summed E-state index contributed by atoms with van der Waals surface area (Å²) in [6.45, 7) is 5.86. The molecule has 0 amide bonds. The van der Waals surface area contributed by atoms with Crippen molar-refractivity contribution in [3.05, 3.63) is 45.0 Å². The fourth-order valence-corrected chi connectivity index (χ4v) is 3.89. The molecular formula is C17H19N5OS. The number of pyridine rings is 1. The first kappa shape index (κ1) is 15.4. The minimum Gasteiger partial charge on any atom is -0.339 e. The molecule has 0 bridgehead atoms. The first-order chi connectivity index (χ1) is 11.7. The van der Waals surface area contributed by atoms with Gasteiger partial charge >= 0.3 is 0 Å². The van der Waals surface area contributed by atoms with E-state index in [9.17, 15) is 0 Å². The van der Waals surface area contributed by atoms with E-state index in [0.29, 0.717) is 11.7 Å². The number of hydrogen-bond donors (Lipinski definition) is 1. The molecule has 0 saturated heterocycles. The molecule has 1 N–H and O–H groups in total. The number of thiazole rings is 1. The molecular weight excluding hydrogens is 322 g/mol. The summed E-state index contributed by atoms with van der Waals surface area (Å²) in [4.78, 5) is 14.7. The zero-order valence-corrected chi connectivity index (χ0v) is 14.6. The van der Waals surface area contributed by atoms with Gasteiger partial charge in [-0.15, -0.1) is 11.3 Å². The summed E-state index contributed by atoms with van der Waals surface area (Å²) in [5.74, 6) is 1.33. The highest BCUT2D eigenvalue weighted by Gasteiger charge is 2.21. The number of nitrogens with one attached hydrogen (secondary N) is 1. The van der Waals surface area contributed by atoms with Gasteiger partial charge in [0.2, 0.25) is 11.7 Å². The van der Waals surface area contributed by atoms with E-state index in [1.54, 1.807) is 11.3 Å². The molecule has 24 heavy (non-hydrogen) atoms. The highest BCUT2D eigenvalue weighted by atomic mass is 32.1. The van der Waals surface area contributed by atoms with Crippen LogP contribution in [0.25, 0.3) is 11.4 Å². The molecule has 3 aromatic rings. The van der Waals surface area contributed by atoms with Gasteiger partial charge in [0.15, 0.2) is 0 Å². The summed E-state index contributed by atoms with van der Waals surface area (Å²) in [5, 5.41) is 7.60. The van der Waals surface area contributed by atoms with Crippen LogP contribution >= 0.6 is 11.3 Å². The van der Waals surface area contributed by atoms with Gasteiger partial charge in [-0.25, -0.2) is 4.98 Å². The summed E-state index contributed by atoms with van der Waals surface area (Å²) < 4.78 is 5.48. The van der Waals surface area contributed by atoms with E-state index < -0.39 is 0 Å². The Bertz CT molecular complexity index is 870. The monoisotopic (exact) mass is 341 g/mol. The van der Waals surface area contributed by atoms with Crippen molar-refractivity contribution in [1.29, 1.82) is 0 Å². The van der Waals surface area contributed by atoms with E-state index in [4.69, 9.17) is 4.52 Å². The Kier molecular flexibility index (Phi) is 4.12. The predicted octanol–water partition coefficient (Wildman–Crippen LogP) is 2.64. The maximum atomic E-state index is 5.48. The van der Waals surface area contributed by atoms with Crippen molar-refractivity contribution in [2.24, 2.45) is 0 Å². The van der Waals surface area contributed by atoms with E-state index in [2.05, 4.69) is 25.4 Å². The lowest BCUT2D eigenvalue weighted by atomic mass is 9.95. The van der Waals surface area contributed by atoms with Gasteiger partial charge in [-0.1, -0.05) is 5.16 Å². The standard InChI is InChI=1S/C17H19N5OS/c1-10-14(24-9-20-10)3-4-15-21-17(22-23-15)16-11(2)19-8-12-7-18-6-5-13(12)16/h8-9,18H,3-7H2,1-2H3. The van der Waals surface area contributed by atoms with Gasteiger partial charge in [0.25, 0.3) is 0 Å². The van der Waals surface area contributed by atoms with Crippen molar-refractivity contribution in [3.63, 3.8) is 0 Å². The van der Waals surface area contributed by atoms with Gasteiger partial charge in [-0.3, -0.25) is 4.98 Å². The molecule has 7 heteroatoms. The molecule has 0 atom stereocenters. The average Bonchev–Trinajstić information content (AvgIpc) is 3.22. The lowest BCUT2D eigenvalue weighted by molar-refractivity contribution is 0.379. The van der Waals surface area contributed by atoms with Crippen LogP contribution in [-0.2, 0) is 25.8 Å². The molecule has 0 fully saturated rings. The second kappa shape index (κ2) is 6.41. The summed E-state index contributed by atoms with van der Waals surface area (Å²) in [5.41, 5.74) is 7.49. The number of rotatable bonds is 4. The lowest BCUT2D eigenvalue weighted by Gasteiger charge is -2.19. The van der Waals surface area contributed by atoms with E-state index >= 15 is 0 Å². The number of fused-ring (bicyclic) bond motifs is 1. The Labute approximate surface area is 144 Å². The van der Waals surface area contributed by atoms with E-state index in [0.717, 1.165) is 49.3 Å². The second-order valence-electron chi connectivity index (χ2n) is 6.02. The van der Waals surface area contributed by atoms with Gasteiger partial charge in [-0.2, -0.15) is 4.98 Å². The van der Waals surface area contributed by atoms with Crippen molar-refractivity contribution < 1.29 is 4.52 Å². The minimum atomic E-state index is 0.662. The molecule has 0 unspecified atom stereocenters. The number of aromatic nitrogens is 4. The molecule has 6 nitrogen and oxygen atoms in total. The first-order valence-electron chi connectivity index (χ1n) is 8.12. The second-order valence-corrected chi connectivity index (χ2v) is 6.96. The van der Waals surface area contributed by atoms with Crippen LogP contribution < -0.4 is 5.32 Å². The molecule has 0 saturated carbocycles. The smallest absolute Gasteiger partial charge is 0.227 e. The van der Waals surface area contributed by atoms with Gasteiger partial charge in [0.05, 0.1) is 11.2 Å². The molecule has 1 aliphatic heterocycles. The molecule has 3 aromatic heterocycles. The molecule has 124 valence electrons. The average molecular weight is 341 g/mol. The van der Waals surface area contributed by atoms with Crippen LogP contribution in [0.4, 0.5) is 0 Å². The van der Waals surface area contributed by atoms with E-state index in [1.807, 2.05) is 25.6 Å². The van der Waals surface area contributed by atoms with Gasteiger partial charge in [0, 0.05) is 35.3 Å². The fourth-order valence-electron chi connectivity index (χ4n) is 3.11. The molecule has 4 heterocycles. The Morgan fingerprint density at radius 2 is 2.12 bits per heavy atom. The highest BCUT2D eigenvalue weighted by Crippen LogP contribution is 2.28. The third-order valence-electron chi connectivity index (χ3n) is 4.43. The Balaban J connectivity index is 1.60. The number of aryl methyl sites for hydroxylation is 4. The maximum absolute atomic E-state index is 5.48. The van der Waals surface area contributed by atoms with Crippen molar-refractivity contribution in [2.45, 2.75) is 39.7 Å². The van der Waals surface area contributed by atoms with E-state index in [1.165, 1.54) is 16.0 Å². The van der Waals surface area contributed by atoms with Crippen LogP contribution in [-0.4, -0.2) is 26.7 Å². The summed E-state index contributed by atoms with van der Waals surface area (Å²) >= 11 is 1.68. The SMILES string of the molecule is Cc1ncsc1CCc1nc(-c2c(C)ncc3c2CCNC3)no1. The zero-order chi connectivity index (χ0) is 16.5. The summed E-state index contributed by atoms with van der Waals surface area (Å²) in [6, 6.07) is 0. The molecule has 0 aliphatic carbocycles. The maximum Gasteiger partial charge on any atom is 0.227 e. The lowest BCUT2D eigenvalue weighted by Crippen LogP contribution is -2.24. The van der Waals surface area contributed by atoms with Crippen LogP contribution in [0.1, 0.15) is 33.3 Å². The largest absolute Gasteiger partial charge is 0.339 e. The predicted molar refractivity (Wildman–Crippen MR) is 91.9 cm³/mol. The van der Waals surface area contributed by atoms with Crippen LogP contribution in [0.5, 0.6) is 0 Å². The molecule has 0 radical (unpaired) electrons. The topological polar surface area (TPSA) is 76.7 Å². The summed E-state index contributed by atoms with van der Waals surface area (Å²) in [7, 11) is 0. The molecule has 4 rings (SSSR count). The van der Waals surface area contributed by atoms with Crippen LogP contribution in [0.2, 0.25) is 0 Å². The third-order valence-corrected chi connectivity index (χ3v) is 5.43. The Morgan fingerprint density at radius 3 is 2.96 bits per heavy atom. The summed E-state index contributed by atoms with van der Waals surface area (Å²) in [6.07, 6.45) is 4.54. The molecule has 1 aliphatic rings. The number of nitrogens with zero attached hydrogens (tertiary/aromatic N) is 4. The molecule has 0 spiro atoms. The van der Waals surface area contributed by atoms with Crippen molar-refractivity contribution in [3.8, 4) is 11.4 Å². The van der Waals surface area contributed by atoms with Crippen molar-refractivity contribution >= 4 is 11.3 Å². The van der Waals surface area contributed by atoms with Gasteiger partial charge in [-0.05, 0) is 44.4 Å². The third kappa shape index (κ3) is 2.85. The van der Waals surface area contributed by atoms with Crippen LogP contribution in [0, 0.1) is 13.8 Å². The van der Waals surface area contributed by atoms with Crippen LogP contribution in [0.3, 0.4) is 0 Å². The van der Waals surface area contributed by atoms with Gasteiger partial charge < -0.3 is 9.84 Å². The van der Waals surface area contributed by atoms with Gasteiger partial charge in [0.1, 0.15) is 0 Å². The zero-order valence-electron chi connectivity index (χ0n) is 13.8. The normalized spacial score (nSPS) is 13.9. The van der Waals surface area contributed by atoms with Crippen molar-refractivity contribution in [2.75, 3.05) is 6.54 Å². The first-order valence-corrected chi connectivity index (χ1v) is 9.00.